The summed E-state index contributed by atoms with van der Waals surface area (Å²) in [5.41, 5.74) is -0.212. The summed E-state index contributed by atoms with van der Waals surface area (Å²) < 4.78 is 4.75. The minimum absolute atomic E-state index is 0.0372. The summed E-state index contributed by atoms with van der Waals surface area (Å²) in [6, 6.07) is -0.0562. The molecule has 0 spiro atoms. The normalized spacial score (nSPS) is 15.1. The molecule has 0 saturated heterocycles. The van der Waals surface area contributed by atoms with Gasteiger partial charge < -0.3 is 9.52 Å². The largest absolute Gasteiger partial charge is 0.476 e. The number of carboxylic acids is 1. The third-order valence-corrected chi connectivity index (χ3v) is 1.90. The third kappa shape index (κ3) is 1.73. The van der Waals surface area contributed by atoms with Crippen molar-refractivity contribution in [3.05, 3.63) is 12.0 Å². The van der Waals surface area contributed by atoms with Crippen molar-refractivity contribution >= 4 is 17.9 Å². The Morgan fingerprint density at radius 1 is 1.57 bits per heavy atom. The van der Waals surface area contributed by atoms with E-state index in [9.17, 15) is 9.59 Å². The van der Waals surface area contributed by atoms with Crippen LogP contribution in [0.5, 0.6) is 0 Å². The Morgan fingerprint density at radius 3 is 2.79 bits per heavy atom. The molecule has 1 aromatic rings. The molecule has 14 heavy (non-hydrogen) atoms. The van der Waals surface area contributed by atoms with E-state index in [1.165, 1.54) is 0 Å². The van der Waals surface area contributed by atoms with Gasteiger partial charge in [-0.25, -0.2) is 4.79 Å². The van der Waals surface area contributed by atoms with E-state index in [1.807, 2.05) is 0 Å². The quantitative estimate of drug-likeness (QED) is 0.743. The average molecular weight is 196 g/mol. The molecule has 1 saturated carbocycles. The Bertz CT molecular complexity index is 380. The van der Waals surface area contributed by atoms with Gasteiger partial charge in [-0.2, -0.15) is 4.98 Å². The van der Waals surface area contributed by atoms with E-state index in [2.05, 4.69) is 10.3 Å². The maximum atomic E-state index is 11.2. The molecular formula is C8H8N2O4. The number of carboxylic acid groups (broad SMARTS) is 1. The van der Waals surface area contributed by atoms with Crippen LogP contribution in [0.25, 0.3) is 0 Å². The van der Waals surface area contributed by atoms with Crippen LogP contribution in [0.1, 0.15) is 23.3 Å². The molecule has 0 aromatic carbocycles. The fourth-order valence-electron chi connectivity index (χ4n) is 0.982. The maximum Gasteiger partial charge on any atom is 0.357 e. The van der Waals surface area contributed by atoms with E-state index >= 15 is 0 Å². The van der Waals surface area contributed by atoms with Gasteiger partial charge in [-0.1, -0.05) is 0 Å². The molecule has 0 atom stereocenters. The molecule has 1 heterocycles. The first kappa shape index (κ1) is 8.74. The van der Waals surface area contributed by atoms with Crippen LogP contribution in [-0.4, -0.2) is 22.0 Å². The summed E-state index contributed by atoms with van der Waals surface area (Å²) >= 11 is 0. The molecule has 0 radical (unpaired) electrons. The number of hydrogen-bond donors (Lipinski definition) is 2. The molecule has 0 unspecified atom stereocenters. The second-order valence-corrected chi connectivity index (χ2v) is 3.11. The van der Waals surface area contributed by atoms with E-state index in [0.717, 1.165) is 19.1 Å². The lowest BCUT2D eigenvalue weighted by Gasteiger charge is -1.95. The van der Waals surface area contributed by atoms with Crippen molar-refractivity contribution in [1.29, 1.82) is 0 Å². The number of aromatic carboxylic acids is 1. The molecule has 0 bridgehead atoms. The minimum Gasteiger partial charge on any atom is -0.476 e. The van der Waals surface area contributed by atoms with Crippen molar-refractivity contribution in [2.75, 3.05) is 5.32 Å². The molecule has 2 rings (SSSR count). The van der Waals surface area contributed by atoms with Crippen LogP contribution in [-0.2, 0) is 4.79 Å². The van der Waals surface area contributed by atoms with Crippen LogP contribution < -0.4 is 5.32 Å². The molecule has 1 fully saturated rings. The van der Waals surface area contributed by atoms with Crippen LogP contribution in [0, 0.1) is 5.92 Å². The first-order valence-corrected chi connectivity index (χ1v) is 4.16. The van der Waals surface area contributed by atoms with Gasteiger partial charge >= 0.3 is 12.0 Å². The third-order valence-electron chi connectivity index (χ3n) is 1.90. The zero-order valence-corrected chi connectivity index (χ0v) is 7.19. The number of amides is 1. The van der Waals surface area contributed by atoms with E-state index < -0.39 is 5.97 Å². The predicted octanol–water partition coefficient (Wildman–Crippen LogP) is 0.721. The predicted molar refractivity (Wildman–Crippen MR) is 44.8 cm³/mol. The van der Waals surface area contributed by atoms with Crippen molar-refractivity contribution in [1.82, 2.24) is 4.98 Å². The molecule has 1 aliphatic carbocycles. The topological polar surface area (TPSA) is 92.4 Å². The number of aromatic nitrogens is 1. The Balaban J connectivity index is 2.02. The molecule has 6 heteroatoms. The van der Waals surface area contributed by atoms with Crippen LogP contribution in [0.2, 0.25) is 0 Å². The Labute approximate surface area is 78.9 Å². The highest BCUT2D eigenvalue weighted by Crippen LogP contribution is 2.29. The van der Waals surface area contributed by atoms with Crippen LogP contribution in [0.15, 0.2) is 10.7 Å². The molecule has 0 aliphatic heterocycles. The van der Waals surface area contributed by atoms with Gasteiger partial charge in [0.2, 0.25) is 5.91 Å². The Morgan fingerprint density at radius 2 is 2.29 bits per heavy atom. The number of hydrogen-bond acceptors (Lipinski definition) is 4. The lowest BCUT2D eigenvalue weighted by Crippen LogP contribution is -2.13. The van der Waals surface area contributed by atoms with Gasteiger partial charge in [0, 0.05) is 5.92 Å². The fraction of sp³-hybridized carbons (Fsp3) is 0.375. The van der Waals surface area contributed by atoms with E-state index in [1.54, 1.807) is 0 Å². The van der Waals surface area contributed by atoms with Gasteiger partial charge in [-0.05, 0) is 12.8 Å². The number of nitrogens with one attached hydrogen (secondary N) is 1. The van der Waals surface area contributed by atoms with Crippen LogP contribution in [0.4, 0.5) is 6.01 Å². The molecule has 1 aliphatic rings. The fourth-order valence-corrected chi connectivity index (χ4v) is 0.982. The summed E-state index contributed by atoms with van der Waals surface area (Å²) in [6.07, 6.45) is 2.74. The number of nitrogens with zero attached hydrogens (tertiary/aromatic N) is 1. The van der Waals surface area contributed by atoms with E-state index in [0.29, 0.717) is 0 Å². The molecule has 74 valence electrons. The summed E-state index contributed by atoms with van der Waals surface area (Å²) in [4.78, 5) is 25.2. The van der Waals surface area contributed by atoms with Gasteiger partial charge in [-0.3, -0.25) is 10.1 Å². The first-order valence-electron chi connectivity index (χ1n) is 4.16. The zero-order chi connectivity index (χ0) is 10.1. The van der Waals surface area contributed by atoms with E-state index in [-0.39, 0.29) is 23.5 Å². The van der Waals surface area contributed by atoms with E-state index in [4.69, 9.17) is 9.52 Å². The smallest absolute Gasteiger partial charge is 0.357 e. The number of carbonyl (C=O) groups excluding carboxylic acids is 1. The standard InChI is InChI=1S/C8H8N2O4/c11-6(4-1-2-4)10-8-9-5(3-14-8)7(12)13/h3-4H,1-2H2,(H,12,13)(H,9,10,11). The molecular weight excluding hydrogens is 188 g/mol. The Kier molecular flexibility index (Phi) is 1.95. The second-order valence-electron chi connectivity index (χ2n) is 3.11. The van der Waals surface area contributed by atoms with Crippen molar-refractivity contribution in [2.45, 2.75) is 12.8 Å². The van der Waals surface area contributed by atoms with Crippen LogP contribution >= 0.6 is 0 Å². The number of oxazole rings is 1. The first-order chi connectivity index (χ1) is 6.66. The number of carbonyl (C=O) groups is 2. The summed E-state index contributed by atoms with van der Waals surface area (Å²) in [6.45, 7) is 0. The summed E-state index contributed by atoms with van der Waals surface area (Å²) in [7, 11) is 0. The van der Waals surface area contributed by atoms with Crippen LogP contribution in [0.3, 0.4) is 0 Å². The van der Waals surface area contributed by atoms with Crippen molar-refractivity contribution in [3.63, 3.8) is 0 Å². The highest BCUT2D eigenvalue weighted by Gasteiger charge is 2.30. The van der Waals surface area contributed by atoms with Crippen molar-refractivity contribution in [3.8, 4) is 0 Å². The summed E-state index contributed by atoms with van der Waals surface area (Å²) in [5, 5.41) is 10.9. The maximum absolute atomic E-state index is 11.2. The average Bonchev–Trinajstić information content (AvgIpc) is 2.87. The molecule has 1 amide bonds. The van der Waals surface area contributed by atoms with Gasteiger partial charge in [0.15, 0.2) is 5.69 Å². The van der Waals surface area contributed by atoms with Gasteiger partial charge in [0.25, 0.3) is 0 Å². The van der Waals surface area contributed by atoms with Gasteiger partial charge in [0.05, 0.1) is 0 Å². The van der Waals surface area contributed by atoms with Crippen molar-refractivity contribution < 1.29 is 19.1 Å². The molecule has 6 nitrogen and oxygen atoms in total. The number of anilines is 1. The lowest BCUT2D eigenvalue weighted by atomic mass is 10.4. The number of rotatable bonds is 3. The molecule has 1 aromatic heterocycles. The van der Waals surface area contributed by atoms with Gasteiger partial charge in [0.1, 0.15) is 6.26 Å². The van der Waals surface area contributed by atoms with Crippen molar-refractivity contribution in [2.24, 2.45) is 5.92 Å². The second kappa shape index (κ2) is 3.13. The minimum atomic E-state index is -1.18. The highest BCUT2D eigenvalue weighted by molar-refractivity contribution is 5.93. The molecule has 2 N–H and O–H groups in total. The SMILES string of the molecule is O=C(O)c1coc(NC(=O)C2CC2)n1. The Hall–Kier alpha value is -1.85. The highest BCUT2D eigenvalue weighted by atomic mass is 16.4. The monoisotopic (exact) mass is 196 g/mol. The van der Waals surface area contributed by atoms with Gasteiger partial charge in [-0.15, -0.1) is 0 Å². The lowest BCUT2D eigenvalue weighted by molar-refractivity contribution is -0.117. The zero-order valence-electron chi connectivity index (χ0n) is 7.19. The summed E-state index contributed by atoms with van der Waals surface area (Å²) in [5.74, 6) is -1.31.